The summed E-state index contributed by atoms with van der Waals surface area (Å²) in [6, 6.07) is 0. The lowest BCUT2D eigenvalue weighted by molar-refractivity contribution is -0.324. The molecule has 0 saturated carbocycles. The second-order valence-corrected chi connectivity index (χ2v) is 15.7. The van der Waals surface area contributed by atoms with Gasteiger partial charge in [0.2, 0.25) is 11.8 Å². The molecule has 3 aliphatic heterocycles. The number of nitrogens with one attached hydrogen (secondary N) is 2. The Morgan fingerprint density at radius 1 is 0.900 bits per heavy atom. The molecule has 50 heavy (non-hydrogen) atoms. The molecule has 4 unspecified atom stereocenters. The van der Waals surface area contributed by atoms with Crippen LogP contribution in [0.4, 0.5) is 0 Å². The fourth-order valence-electron chi connectivity index (χ4n) is 7.51. The van der Waals surface area contributed by atoms with Crippen molar-refractivity contribution in [1.82, 2.24) is 10.6 Å². The van der Waals surface area contributed by atoms with Crippen molar-refractivity contribution < 1.29 is 38.8 Å². The Hall–Kier alpha value is -2.11. The summed E-state index contributed by atoms with van der Waals surface area (Å²) in [5.41, 5.74) is 1.01. The van der Waals surface area contributed by atoms with Gasteiger partial charge in [0, 0.05) is 32.4 Å². The van der Waals surface area contributed by atoms with E-state index < -0.39 is 23.9 Å². The Morgan fingerprint density at radius 3 is 2.36 bits per heavy atom. The van der Waals surface area contributed by atoms with Crippen LogP contribution in [0.2, 0.25) is 0 Å². The van der Waals surface area contributed by atoms with Gasteiger partial charge in [0.05, 0.1) is 49.0 Å². The molecule has 3 aliphatic rings. The summed E-state index contributed by atoms with van der Waals surface area (Å²) >= 11 is 0. The molecular weight excluding hydrogens is 636 g/mol. The number of ether oxygens (including phenoxy) is 3. The average molecular weight is 705 g/mol. The highest BCUT2D eigenvalue weighted by atomic mass is 16.7. The summed E-state index contributed by atoms with van der Waals surface area (Å²) in [4.78, 5) is 37.6. The molecule has 0 aromatic carbocycles. The lowest BCUT2D eigenvalue weighted by Gasteiger charge is -2.48. The van der Waals surface area contributed by atoms with Gasteiger partial charge in [-0.3, -0.25) is 14.4 Å². The van der Waals surface area contributed by atoms with Gasteiger partial charge >= 0.3 is 0 Å². The number of ketones is 1. The summed E-state index contributed by atoms with van der Waals surface area (Å²) in [5.74, 6) is -0.680. The monoisotopic (exact) mass is 704 g/mol. The van der Waals surface area contributed by atoms with E-state index in [1.807, 2.05) is 20.8 Å². The van der Waals surface area contributed by atoms with Gasteiger partial charge in [-0.05, 0) is 108 Å². The molecule has 10 nitrogen and oxygen atoms in total. The van der Waals surface area contributed by atoms with Crippen LogP contribution in [0.1, 0.15) is 132 Å². The van der Waals surface area contributed by atoms with Crippen molar-refractivity contribution >= 4 is 17.6 Å². The number of allylic oxidation sites excluding steroid dienone is 3. The standard InChI is InChI=1S/C40H68N2O8/c1-8-11-32(44)23-34-17-15-27(3)37(48-34)24-38(46)42-25-35(45)30(6)39(47)41-21-10-13-36-28(4)18-20-40(50-36)19-9-12-33(49-40)16-14-26(2)22-29(5)31(7)43/h8,11,22,26-28,30-31,33-37,43,45H,9-10,12-21,23-25H2,1-7H3,(H,41,47)(H,42,46)/t26-,27?,28?,30-,31?,33-,34-,35-,36+,37?,40-/m0/s1. The molecule has 3 heterocycles. The summed E-state index contributed by atoms with van der Waals surface area (Å²) in [7, 11) is 0. The van der Waals surface area contributed by atoms with Crippen LogP contribution in [0, 0.1) is 23.7 Å². The van der Waals surface area contributed by atoms with Crippen LogP contribution in [0.3, 0.4) is 0 Å². The Balaban J connectivity index is 1.36. The molecule has 10 heteroatoms. The fraction of sp³-hybridized carbons (Fsp3) is 0.825. The van der Waals surface area contributed by atoms with Gasteiger partial charge in [0.15, 0.2) is 11.6 Å². The molecule has 3 fully saturated rings. The van der Waals surface area contributed by atoms with E-state index in [0.717, 1.165) is 76.2 Å². The molecule has 286 valence electrons. The van der Waals surface area contributed by atoms with Crippen molar-refractivity contribution in [2.45, 2.75) is 174 Å². The molecule has 0 aliphatic carbocycles. The first kappa shape index (κ1) is 42.3. The zero-order valence-corrected chi connectivity index (χ0v) is 32.0. The second-order valence-electron chi connectivity index (χ2n) is 15.7. The quantitative estimate of drug-likeness (QED) is 0.0782. The lowest BCUT2D eigenvalue weighted by atomic mass is 9.85. The van der Waals surface area contributed by atoms with Crippen molar-refractivity contribution in [3.63, 3.8) is 0 Å². The maximum Gasteiger partial charge on any atom is 0.225 e. The van der Waals surface area contributed by atoms with Crippen molar-refractivity contribution in [3.8, 4) is 0 Å². The van der Waals surface area contributed by atoms with Gasteiger partial charge in [0.25, 0.3) is 0 Å². The van der Waals surface area contributed by atoms with E-state index >= 15 is 0 Å². The number of aliphatic hydroxyl groups excluding tert-OH is 2. The summed E-state index contributed by atoms with van der Waals surface area (Å²) in [5, 5.41) is 26.2. The molecule has 1 spiro atoms. The zero-order chi connectivity index (χ0) is 36.8. The summed E-state index contributed by atoms with van der Waals surface area (Å²) in [6.07, 6.45) is 14.5. The van der Waals surface area contributed by atoms with Crippen molar-refractivity contribution in [1.29, 1.82) is 0 Å². The first-order chi connectivity index (χ1) is 23.7. The predicted octanol–water partition coefficient (Wildman–Crippen LogP) is 5.93. The predicted molar refractivity (Wildman–Crippen MR) is 195 cm³/mol. The number of hydrogen-bond acceptors (Lipinski definition) is 8. The van der Waals surface area contributed by atoms with Crippen molar-refractivity contribution in [3.05, 3.63) is 23.8 Å². The minimum absolute atomic E-state index is 0.0223. The highest BCUT2D eigenvalue weighted by molar-refractivity contribution is 5.89. The summed E-state index contributed by atoms with van der Waals surface area (Å²) in [6.45, 7) is 14.2. The van der Waals surface area contributed by atoms with Crippen LogP contribution in [-0.4, -0.2) is 83.3 Å². The van der Waals surface area contributed by atoms with Crippen molar-refractivity contribution in [2.75, 3.05) is 13.1 Å². The average Bonchev–Trinajstić information content (AvgIpc) is 3.07. The van der Waals surface area contributed by atoms with Crippen LogP contribution in [0.15, 0.2) is 23.8 Å². The maximum absolute atomic E-state index is 12.9. The van der Waals surface area contributed by atoms with Crippen LogP contribution in [-0.2, 0) is 28.6 Å². The van der Waals surface area contributed by atoms with E-state index in [0.29, 0.717) is 24.8 Å². The van der Waals surface area contributed by atoms with Crippen LogP contribution in [0.25, 0.3) is 0 Å². The smallest absolute Gasteiger partial charge is 0.225 e. The molecular formula is C40H68N2O8. The van der Waals surface area contributed by atoms with Gasteiger partial charge in [-0.1, -0.05) is 39.8 Å². The molecule has 4 N–H and O–H groups in total. The minimum Gasteiger partial charge on any atom is -0.390 e. The molecule has 0 aromatic heterocycles. The van der Waals surface area contributed by atoms with Gasteiger partial charge < -0.3 is 35.1 Å². The topological polar surface area (TPSA) is 143 Å². The summed E-state index contributed by atoms with van der Waals surface area (Å²) < 4.78 is 19.5. The van der Waals surface area contributed by atoms with Crippen LogP contribution < -0.4 is 10.6 Å². The minimum atomic E-state index is -1.02. The SMILES string of the molecule is CC=CC(=O)C[C@@H]1CCC(C)C(CC(=O)NC[C@H](O)[C@H](C)C(=O)NCCC[C@H]2O[C@@]3(CCC[C@@H](CC[C@H](C)C=C(C)C(C)O)O3)CCC2C)O1. The molecule has 2 amide bonds. The van der Waals surface area contributed by atoms with E-state index in [1.54, 1.807) is 26.0 Å². The number of carbonyl (C=O) groups excluding carboxylic acids is 3. The van der Waals surface area contributed by atoms with Gasteiger partial charge in [0.1, 0.15) is 0 Å². The highest BCUT2D eigenvalue weighted by Crippen LogP contribution is 2.43. The first-order valence-corrected chi connectivity index (χ1v) is 19.5. The molecule has 3 saturated heterocycles. The molecule has 0 aromatic rings. The normalized spacial score (nSPS) is 31.6. The number of hydrogen-bond donors (Lipinski definition) is 4. The third-order valence-electron chi connectivity index (χ3n) is 11.2. The van der Waals surface area contributed by atoms with Gasteiger partial charge in [-0.15, -0.1) is 0 Å². The number of aliphatic hydroxyl groups is 2. The van der Waals surface area contributed by atoms with E-state index in [-0.39, 0.29) is 60.9 Å². The Bertz CT molecular complexity index is 1140. The highest BCUT2D eigenvalue weighted by Gasteiger charge is 2.44. The number of carbonyl (C=O) groups is 3. The number of amides is 2. The number of rotatable bonds is 18. The van der Waals surface area contributed by atoms with E-state index in [1.165, 1.54) is 0 Å². The van der Waals surface area contributed by atoms with Gasteiger partial charge in [-0.25, -0.2) is 0 Å². The van der Waals surface area contributed by atoms with E-state index in [4.69, 9.17) is 14.2 Å². The third kappa shape index (κ3) is 13.8. The first-order valence-electron chi connectivity index (χ1n) is 19.5. The second kappa shape index (κ2) is 20.8. The molecule has 0 radical (unpaired) electrons. The zero-order valence-electron chi connectivity index (χ0n) is 32.0. The van der Waals surface area contributed by atoms with Crippen LogP contribution in [0.5, 0.6) is 0 Å². The maximum atomic E-state index is 12.9. The molecule has 0 bridgehead atoms. The fourth-order valence-corrected chi connectivity index (χ4v) is 7.51. The Morgan fingerprint density at radius 2 is 1.64 bits per heavy atom. The van der Waals surface area contributed by atoms with Gasteiger partial charge in [-0.2, -0.15) is 0 Å². The largest absolute Gasteiger partial charge is 0.390 e. The van der Waals surface area contributed by atoms with Crippen LogP contribution >= 0.6 is 0 Å². The Kier molecular flexibility index (Phi) is 17.6. The molecule has 11 atom stereocenters. The van der Waals surface area contributed by atoms with E-state index in [2.05, 4.69) is 30.6 Å². The molecule has 3 rings (SSSR count). The van der Waals surface area contributed by atoms with E-state index in [9.17, 15) is 24.6 Å². The van der Waals surface area contributed by atoms with Crippen molar-refractivity contribution in [2.24, 2.45) is 23.7 Å². The Labute approximate surface area is 301 Å². The third-order valence-corrected chi connectivity index (χ3v) is 11.2. The lowest BCUT2D eigenvalue weighted by Crippen LogP contribution is -2.50.